The number of piperazine rings is 1. The fourth-order valence-corrected chi connectivity index (χ4v) is 4.18. The zero-order chi connectivity index (χ0) is 30.1. The van der Waals surface area contributed by atoms with Crippen molar-refractivity contribution in [3.63, 3.8) is 0 Å². The molecule has 2 heterocycles. The van der Waals surface area contributed by atoms with Gasteiger partial charge in [0.2, 0.25) is 5.91 Å². The van der Waals surface area contributed by atoms with Gasteiger partial charge in [0.05, 0.1) is 11.3 Å². The Labute approximate surface area is 229 Å². The third kappa shape index (κ3) is 6.58. The molecule has 0 unspecified atom stereocenters. The van der Waals surface area contributed by atoms with E-state index in [0.717, 1.165) is 6.07 Å². The Morgan fingerprint density at radius 1 is 0.951 bits per heavy atom. The molecule has 3 aromatic rings. The van der Waals surface area contributed by atoms with E-state index >= 15 is 0 Å². The Morgan fingerprint density at radius 2 is 1.61 bits per heavy atom. The summed E-state index contributed by atoms with van der Waals surface area (Å²) in [5.74, 6) is -5.03. The first-order valence-electron chi connectivity index (χ1n) is 12.2. The summed E-state index contributed by atoms with van der Waals surface area (Å²) in [4.78, 5) is 56.1. The largest absolute Gasteiger partial charge is 0.493 e. The van der Waals surface area contributed by atoms with Gasteiger partial charge in [-0.1, -0.05) is 18.2 Å². The Hall–Kier alpha value is -4.62. The topological polar surface area (TPSA) is 102 Å². The van der Waals surface area contributed by atoms with Gasteiger partial charge in [0.25, 0.3) is 5.91 Å². The number of benzene rings is 2. The summed E-state index contributed by atoms with van der Waals surface area (Å²) >= 11 is 0. The molecule has 1 aromatic heterocycles. The number of aromatic nitrogens is 2. The van der Waals surface area contributed by atoms with Crippen LogP contribution in [0.2, 0.25) is 0 Å². The van der Waals surface area contributed by atoms with Crippen molar-refractivity contribution in [2.45, 2.75) is 33.0 Å². The lowest BCUT2D eigenvalue weighted by atomic mass is 10.0. The van der Waals surface area contributed by atoms with E-state index in [0.29, 0.717) is 16.7 Å². The van der Waals surface area contributed by atoms with Crippen molar-refractivity contribution in [3.8, 4) is 0 Å². The van der Waals surface area contributed by atoms with Gasteiger partial charge in [0.15, 0.2) is 0 Å². The second-order valence-corrected chi connectivity index (χ2v) is 9.41. The van der Waals surface area contributed by atoms with Gasteiger partial charge in [-0.25, -0.2) is 13.6 Å². The molecule has 1 aliphatic rings. The van der Waals surface area contributed by atoms with Crippen LogP contribution in [0, 0.1) is 25.5 Å². The molecule has 1 saturated heterocycles. The summed E-state index contributed by atoms with van der Waals surface area (Å²) in [5, 5.41) is 3.73. The number of alkyl halides is 3. The van der Waals surface area contributed by atoms with Gasteiger partial charge >= 0.3 is 17.7 Å². The van der Waals surface area contributed by atoms with Gasteiger partial charge in [-0.3, -0.25) is 14.4 Å². The maximum Gasteiger partial charge on any atom is 0.493 e. The molecule has 4 rings (SSSR count). The molecule has 2 aromatic carbocycles. The smallest absolute Gasteiger partial charge is 0.335 e. The average Bonchev–Trinajstić information content (AvgIpc) is 2.92. The Kier molecular flexibility index (Phi) is 8.22. The van der Waals surface area contributed by atoms with Crippen LogP contribution in [0.5, 0.6) is 0 Å². The molecule has 1 aliphatic heterocycles. The van der Waals surface area contributed by atoms with Crippen molar-refractivity contribution >= 4 is 17.8 Å². The minimum absolute atomic E-state index is 0.0274. The average molecular weight is 578 g/mol. The molecule has 0 bridgehead atoms. The first kappa shape index (κ1) is 29.4. The number of carbonyl (C=O) groups is 3. The van der Waals surface area contributed by atoms with Crippen LogP contribution in [0.4, 0.5) is 22.0 Å². The summed E-state index contributed by atoms with van der Waals surface area (Å²) < 4.78 is 65.8. The number of hydrogen-bond acceptors (Lipinski definition) is 6. The highest BCUT2D eigenvalue weighted by Gasteiger charge is 2.42. The van der Waals surface area contributed by atoms with Crippen molar-refractivity contribution in [2.24, 2.45) is 0 Å². The number of nitrogens with zero attached hydrogens (tertiary/aromatic N) is 4. The minimum atomic E-state index is -5.36. The van der Waals surface area contributed by atoms with Gasteiger partial charge in [-0.15, -0.1) is 5.10 Å². The summed E-state index contributed by atoms with van der Waals surface area (Å²) in [6.07, 6.45) is -5.51. The van der Waals surface area contributed by atoms with Crippen molar-refractivity contribution in [3.05, 3.63) is 98.0 Å². The van der Waals surface area contributed by atoms with Crippen molar-refractivity contribution < 1.29 is 41.2 Å². The van der Waals surface area contributed by atoms with E-state index in [1.807, 2.05) is 0 Å². The van der Waals surface area contributed by atoms with Gasteiger partial charge in [-0.2, -0.15) is 13.2 Å². The number of halogens is 5. The van der Waals surface area contributed by atoms with E-state index in [1.54, 1.807) is 12.1 Å². The summed E-state index contributed by atoms with van der Waals surface area (Å²) in [6.45, 7) is 3.00. The molecule has 216 valence electrons. The molecule has 2 amide bonds. The van der Waals surface area contributed by atoms with Crippen LogP contribution in [-0.2, 0) is 22.6 Å². The number of carbonyl (C=O) groups excluding carboxylic acids is 3. The van der Waals surface area contributed by atoms with Gasteiger partial charge in [-0.05, 0) is 59.6 Å². The van der Waals surface area contributed by atoms with Crippen LogP contribution in [-0.4, -0.2) is 63.3 Å². The molecular formula is C27H23F5N4O5. The van der Waals surface area contributed by atoms with Crippen molar-refractivity contribution in [1.29, 1.82) is 0 Å². The van der Waals surface area contributed by atoms with Gasteiger partial charge in [0, 0.05) is 31.6 Å². The van der Waals surface area contributed by atoms with Crippen LogP contribution in [0.25, 0.3) is 0 Å². The third-order valence-electron chi connectivity index (χ3n) is 6.63. The number of amides is 2. The van der Waals surface area contributed by atoms with Crippen LogP contribution in [0.1, 0.15) is 38.3 Å². The normalized spacial score (nSPS) is 13.9. The highest BCUT2D eigenvalue weighted by molar-refractivity contribution is 5.97. The second-order valence-electron chi connectivity index (χ2n) is 9.41. The van der Waals surface area contributed by atoms with Gasteiger partial charge in [0.1, 0.15) is 18.2 Å². The van der Waals surface area contributed by atoms with E-state index in [2.05, 4.69) is 9.94 Å². The molecule has 0 aliphatic carbocycles. The van der Waals surface area contributed by atoms with Crippen LogP contribution in [0.3, 0.4) is 0 Å². The minimum Gasteiger partial charge on any atom is -0.335 e. The van der Waals surface area contributed by atoms with Crippen LogP contribution >= 0.6 is 0 Å². The summed E-state index contributed by atoms with van der Waals surface area (Å²) in [7, 11) is 0. The standard InChI is InChI=1S/C27H23F5N4O5/c1-15-16(2)24(38)36(41-26(40)27(30,31)32)33-22(15)12-18-5-8-21(29)20(11-18)25(39)35-10-9-34(23(37)14-35)13-17-3-6-19(28)7-4-17/h3-8,11H,9-10,12-14H2,1-2H3. The molecule has 9 nitrogen and oxygen atoms in total. The predicted molar refractivity (Wildman–Crippen MR) is 133 cm³/mol. The molecule has 14 heteroatoms. The molecule has 0 saturated carbocycles. The first-order chi connectivity index (χ1) is 19.2. The first-order valence-corrected chi connectivity index (χ1v) is 12.2. The predicted octanol–water partition coefficient (Wildman–Crippen LogP) is 2.73. The van der Waals surface area contributed by atoms with E-state index in [4.69, 9.17) is 0 Å². The molecular weight excluding hydrogens is 555 g/mol. The van der Waals surface area contributed by atoms with Crippen molar-refractivity contribution in [1.82, 2.24) is 19.7 Å². The summed E-state index contributed by atoms with van der Waals surface area (Å²) in [6, 6.07) is 9.22. The molecule has 1 fully saturated rings. The highest BCUT2D eigenvalue weighted by atomic mass is 19.4. The fourth-order valence-electron chi connectivity index (χ4n) is 4.18. The monoisotopic (exact) mass is 578 g/mol. The number of rotatable bonds is 6. The molecule has 41 heavy (non-hydrogen) atoms. The van der Waals surface area contributed by atoms with E-state index < -0.39 is 35.2 Å². The maximum absolute atomic E-state index is 14.7. The lowest BCUT2D eigenvalue weighted by Gasteiger charge is -2.34. The second kappa shape index (κ2) is 11.5. The Bertz CT molecular complexity index is 1570. The zero-order valence-corrected chi connectivity index (χ0v) is 21.8. The lowest BCUT2D eigenvalue weighted by Crippen LogP contribution is -2.51. The van der Waals surface area contributed by atoms with Crippen LogP contribution in [0.15, 0.2) is 47.3 Å². The number of hydrogen-bond donors (Lipinski definition) is 0. The third-order valence-corrected chi connectivity index (χ3v) is 6.63. The van der Waals surface area contributed by atoms with Crippen LogP contribution < -0.4 is 10.4 Å². The quantitative estimate of drug-likeness (QED) is 0.417. The zero-order valence-electron chi connectivity index (χ0n) is 21.8. The van der Waals surface area contributed by atoms with Crippen molar-refractivity contribution in [2.75, 3.05) is 19.6 Å². The Balaban J connectivity index is 1.51. The van der Waals surface area contributed by atoms with E-state index in [9.17, 15) is 41.1 Å². The highest BCUT2D eigenvalue weighted by Crippen LogP contribution is 2.20. The summed E-state index contributed by atoms with van der Waals surface area (Å²) in [5.41, 5.74) is -0.0627. The SMILES string of the molecule is Cc1c(Cc2ccc(F)c(C(=O)N3CCN(Cc4ccc(F)cc4)C(=O)C3)c2)nn(OC(=O)C(F)(F)F)c(=O)c1C. The molecule has 0 radical (unpaired) electrons. The fraction of sp³-hybridized carbons (Fsp3) is 0.296. The maximum atomic E-state index is 14.7. The molecule has 0 spiro atoms. The van der Waals surface area contributed by atoms with Gasteiger partial charge < -0.3 is 14.6 Å². The Morgan fingerprint density at radius 3 is 2.24 bits per heavy atom. The molecule has 0 atom stereocenters. The lowest BCUT2D eigenvalue weighted by molar-refractivity contribution is -0.202. The van der Waals surface area contributed by atoms with E-state index in [-0.39, 0.29) is 60.2 Å². The molecule has 0 N–H and O–H groups in total. The van der Waals surface area contributed by atoms with E-state index in [1.165, 1.54) is 47.9 Å².